The number of methoxy groups -OCH3 is 1. The van der Waals surface area contributed by atoms with Crippen LogP contribution in [0.4, 0.5) is 0 Å². The average molecular weight is 217 g/mol. The van der Waals surface area contributed by atoms with Gasteiger partial charge < -0.3 is 4.74 Å². The Morgan fingerprint density at radius 1 is 1.44 bits per heavy atom. The van der Waals surface area contributed by atoms with Gasteiger partial charge in [0.15, 0.2) is 0 Å². The van der Waals surface area contributed by atoms with Gasteiger partial charge in [-0.3, -0.25) is 4.99 Å². The number of ether oxygens (including phenoxy) is 1. The Labute approximate surface area is 97.7 Å². The van der Waals surface area contributed by atoms with Gasteiger partial charge in [-0.05, 0) is 24.5 Å². The van der Waals surface area contributed by atoms with E-state index in [2.05, 4.69) is 38.4 Å². The first kappa shape index (κ1) is 12.5. The van der Waals surface area contributed by atoms with E-state index < -0.39 is 0 Å². The van der Waals surface area contributed by atoms with Gasteiger partial charge in [0.2, 0.25) is 0 Å². The lowest BCUT2D eigenvalue weighted by Gasteiger charge is -2.16. The fraction of sp³-hybridized carbons (Fsp3) is 0.357. The Kier molecular flexibility index (Phi) is 4.29. The highest BCUT2D eigenvalue weighted by Crippen LogP contribution is 2.25. The van der Waals surface area contributed by atoms with Crippen molar-refractivity contribution in [1.29, 1.82) is 0 Å². The minimum Gasteiger partial charge on any atom is -0.496 e. The van der Waals surface area contributed by atoms with Crippen LogP contribution in [0, 0.1) is 12.8 Å². The van der Waals surface area contributed by atoms with Crippen molar-refractivity contribution in [1.82, 2.24) is 0 Å². The Morgan fingerprint density at radius 2 is 2.12 bits per heavy atom. The minimum atomic E-state index is 0.341. The smallest absolute Gasteiger partial charge is 0.128 e. The van der Waals surface area contributed by atoms with Gasteiger partial charge in [-0.15, -0.1) is 0 Å². The molecule has 0 heterocycles. The number of benzene rings is 1. The molecule has 0 aromatic heterocycles. The lowest BCUT2D eigenvalue weighted by Crippen LogP contribution is -2.12. The lowest BCUT2D eigenvalue weighted by molar-refractivity contribution is 0.413. The summed E-state index contributed by atoms with van der Waals surface area (Å²) in [4.78, 5) is 4.36. The number of hydrogen-bond acceptors (Lipinski definition) is 2. The van der Waals surface area contributed by atoms with Crippen LogP contribution in [0.5, 0.6) is 5.75 Å². The van der Waals surface area contributed by atoms with Crippen molar-refractivity contribution in [3.05, 3.63) is 42.1 Å². The number of hydrogen-bond donors (Lipinski definition) is 0. The molecule has 1 aromatic carbocycles. The number of nitrogens with zero attached hydrogens (tertiary/aromatic N) is 1. The lowest BCUT2D eigenvalue weighted by atomic mass is 9.95. The molecule has 1 aromatic rings. The van der Waals surface area contributed by atoms with Gasteiger partial charge in [0.1, 0.15) is 5.75 Å². The molecule has 0 N–H and O–H groups in total. The molecule has 0 atom stereocenters. The van der Waals surface area contributed by atoms with Gasteiger partial charge in [-0.1, -0.05) is 32.6 Å². The second-order valence-electron chi connectivity index (χ2n) is 4.00. The fourth-order valence-electron chi connectivity index (χ4n) is 1.74. The summed E-state index contributed by atoms with van der Waals surface area (Å²) in [5.41, 5.74) is 3.28. The molecule has 1 rings (SSSR count). The first-order valence-electron chi connectivity index (χ1n) is 5.44. The molecule has 0 unspecified atom stereocenters. The second kappa shape index (κ2) is 5.50. The van der Waals surface area contributed by atoms with Crippen LogP contribution < -0.4 is 4.74 Å². The molecule has 0 spiro atoms. The Hall–Kier alpha value is -1.57. The van der Waals surface area contributed by atoms with Crippen LogP contribution in [0.2, 0.25) is 0 Å². The number of aliphatic imine (C=N–C) groups is 1. The minimum absolute atomic E-state index is 0.341. The highest BCUT2D eigenvalue weighted by atomic mass is 16.5. The highest BCUT2D eigenvalue weighted by Gasteiger charge is 2.15. The largest absolute Gasteiger partial charge is 0.496 e. The third-order valence-electron chi connectivity index (χ3n) is 2.49. The molecule has 0 saturated carbocycles. The van der Waals surface area contributed by atoms with Crippen molar-refractivity contribution in [3.8, 4) is 5.75 Å². The van der Waals surface area contributed by atoms with Gasteiger partial charge in [0.05, 0.1) is 12.8 Å². The van der Waals surface area contributed by atoms with Crippen molar-refractivity contribution < 1.29 is 4.74 Å². The summed E-state index contributed by atoms with van der Waals surface area (Å²) >= 11 is 0. The standard InChI is InChI=1S/C14H19NO/c1-6-15-14(10(2)3)13-11(4)8-7-9-12(13)16-5/h6-10H,1H2,2-5H3/b15-14-. The zero-order valence-corrected chi connectivity index (χ0v) is 10.4. The summed E-state index contributed by atoms with van der Waals surface area (Å²) in [5.74, 6) is 1.21. The molecule has 0 radical (unpaired) electrons. The molecule has 0 amide bonds. The molecular weight excluding hydrogens is 198 g/mol. The van der Waals surface area contributed by atoms with Crippen LogP contribution in [0.1, 0.15) is 25.0 Å². The van der Waals surface area contributed by atoms with E-state index in [0.29, 0.717) is 5.92 Å². The van der Waals surface area contributed by atoms with Crippen LogP contribution in [0.3, 0.4) is 0 Å². The van der Waals surface area contributed by atoms with Crippen molar-refractivity contribution in [2.75, 3.05) is 7.11 Å². The summed E-state index contributed by atoms with van der Waals surface area (Å²) in [6.07, 6.45) is 1.58. The predicted octanol–water partition coefficient (Wildman–Crippen LogP) is 3.59. The molecule has 0 aliphatic rings. The molecule has 16 heavy (non-hydrogen) atoms. The van der Waals surface area contributed by atoms with Gasteiger partial charge in [0.25, 0.3) is 0 Å². The third-order valence-corrected chi connectivity index (χ3v) is 2.49. The SMILES string of the molecule is C=C/N=C(\c1c(C)cccc1OC)C(C)C. The van der Waals surface area contributed by atoms with E-state index >= 15 is 0 Å². The zero-order valence-electron chi connectivity index (χ0n) is 10.4. The van der Waals surface area contributed by atoms with E-state index in [-0.39, 0.29) is 0 Å². The summed E-state index contributed by atoms with van der Waals surface area (Å²) in [6.45, 7) is 9.97. The third kappa shape index (κ3) is 2.51. The predicted molar refractivity (Wildman–Crippen MR) is 69.3 cm³/mol. The van der Waals surface area contributed by atoms with Gasteiger partial charge >= 0.3 is 0 Å². The van der Waals surface area contributed by atoms with Crippen LogP contribution in [0.15, 0.2) is 36.0 Å². The second-order valence-corrected chi connectivity index (χ2v) is 4.00. The van der Waals surface area contributed by atoms with E-state index in [1.807, 2.05) is 12.1 Å². The maximum Gasteiger partial charge on any atom is 0.128 e. The molecule has 2 heteroatoms. The molecule has 0 fully saturated rings. The fourth-order valence-corrected chi connectivity index (χ4v) is 1.74. The maximum absolute atomic E-state index is 5.39. The molecule has 0 bridgehead atoms. The summed E-state index contributed by atoms with van der Waals surface area (Å²) in [6, 6.07) is 6.02. The van der Waals surface area contributed by atoms with Crippen molar-refractivity contribution in [3.63, 3.8) is 0 Å². The first-order chi connectivity index (χ1) is 7.61. The van der Waals surface area contributed by atoms with E-state index in [1.165, 1.54) is 5.56 Å². The first-order valence-corrected chi connectivity index (χ1v) is 5.44. The highest BCUT2D eigenvalue weighted by molar-refractivity contribution is 6.05. The average Bonchev–Trinajstić information content (AvgIpc) is 2.26. The number of rotatable bonds is 4. The Balaban J connectivity index is 3.39. The van der Waals surface area contributed by atoms with Crippen LogP contribution in [-0.2, 0) is 0 Å². The van der Waals surface area contributed by atoms with Crippen LogP contribution >= 0.6 is 0 Å². The summed E-state index contributed by atoms with van der Waals surface area (Å²) in [7, 11) is 1.68. The molecular formula is C14H19NO. The van der Waals surface area contributed by atoms with Gasteiger partial charge in [-0.2, -0.15) is 0 Å². The van der Waals surface area contributed by atoms with E-state index in [0.717, 1.165) is 17.0 Å². The molecule has 2 nitrogen and oxygen atoms in total. The van der Waals surface area contributed by atoms with Crippen molar-refractivity contribution in [2.24, 2.45) is 10.9 Å². The maximum atomic E-state index is 5.39. The summed E-state index contributed by atoms with van der Waals surface area (Å²) < 4.78 is 5.39. The molecule has 0 saturated heterocycles. The van der Waals surface area contributed by atoms with Crippen LogP contribution in [-0.4, -0.2) is 12.8 Å². The Bertz CT molecular complexity index is 405. The van der Waals surface area contributed by atoms with Crippen molar-refractivity contribution >= 4 is 5.71 Å². The zero-order chi connectivity index (χ0) is 12.1. The van der Waals surface area contributed by atoms with E-state index in [4.69, 9.17) is 4.74 Å². The normalized spacial score (nSPS) is 11.7. The Morgan fingerprint density at radius 3 is 2.62 bits per heavy atom. The molecule has 86 valence electrons. The van der Waals surface area contributed by atoms with Gasteiger partial charge in [-0.25, -0.2) is 0 Å². The van der Waals surface area contributed by atoms with E-state index in [1.54, 1.807) is 13.3 Å². The van der Waals surface area contributed by atoms with Gasteiger partial charge in [0, 0.05) is 11.8 Å². The monoisotopic (exact) mass is 217 g/mol. The summed E-state index contributed by atoms with van der Waals surface area (Å²) in [5, 5.41) is 0. The van der Waals surface area contributed by atoms with Crippen LogP contribution in [0.25, 0.3) is 0 Å². The molecule has 0 aliphatic carbocycles. The van der Waals surface area contributed by atoms with Crippen molar-refractivity contribution in [2.45, 2.75) is 20.8 Å². The topological polar surface area (TPSA) is 21.6 Å². The number of aryl methyl sites for hydroxylation is 1. The molecule has 0 aliphatic heterocycles. The quantitative estimate of drug-likeness (QED) is 0.706. The van der Waals surface area contributed by atoms with E-state index in [9.17, 15) is 0 Å².